The topological polar surface area (TPSA) is 98.2 Å². The number of carbonyl (C=O) groups is 1. The summed E-state index contributed by atoms with van der Waals surface area (Å²) in [5, 5.41) is 7.14. The third kappa shape index (κ3) is 3.70. The number of nitrogens with zero attached hydrogens (tertiary/aromatic N) is 5. The Labute approximate surface area is 168 Å². The molecular weight excluding hydrogens is 368 g/mol. The van der Waals surface area contributed by atoms with Gasteiger partial charge in [0.25, 0.3) is 5.78 Å². The maximum atomic E-state index is 12.5. The standard InChI is InChI=1S/C21H24N6O2/c1-12-15(13(2)27-20(24-12)22-11-23-27)7-9-18(28)25-14-6-8-17-16(10-14)26-19(29-17)21(3,4)5/h6,8,10-11H,7,9H2,1-5H3,(H,25,28). The molecule has 0 spiro atoms. The number of oxazole rings is 1. The molecule has 0 aliphatic carbocycles. The van der Waals surface area contributed by atoms with Crippen molar-refractivity contribution in [3.63, 3.8) is 0 Å². The van der Waals surface area contributed by atoms with Crippen molar-refractivity contribution in [2.24, 2.45) is 0 Å². The van der Waals surface area contributed by atoms with Gasteiger partial charge in [-0.2, -0.15) is 10.1 Å². The Hall–Kier alpha value is -3.29. The van der Waals surface area contributed by atoms with Crippen LogP contribution in [0.4, 0.5) is 5.69 Å². The molecule has 8 heteroatoms. The lowest BCUT2D eigenvalue weighted by molar-refractivity contribution is -0.116. The summed E-state index contributed by atoms with van der Waals surface area (Å²) < 4.78 is 7.51. The first-order valence-electron chi connectivity index (χ1n) is 9.59. The maximum Gasteiger partial charge on any atom is 0.252 e. The van der Waals surface area contributed by atoms with Crippen LogP contribution >= 0.6 is 0 Å². The number of fused-ring (bicyclic) bond motifs is 2. The van der Waals surface area contributed by atoms with Crippen LogP contribution in [0.1, 0.15) is 50.0 Å². The van der Waals surface area contributed by atoms with Gasteiger partial charge in [0, 0.05) is 28.9 Å². The second kappa shape index (κ2) is 6.95. The second-order valence-corrected chi connectivity index (χ2v) is 8.23. The van der Waals surface area contributed by atoms with E-state index in [0.29, 0.717) is 35.8 Å². The summed E-state index contributed by atoms with van der Waals surface area (Å²) in [6, 6.07) is 5.51. The molecule has 4 aromatic rings. The normalized spacial score (nSPS) is 12.0. The quantitative estimate of drug-likeness (QED) is 0.568. The van der Waals surface area contributed by atoms with E-state index in [1.54, 1.807) is 4.52 Å². The molecule has 0 radical (unpaired) electrons. The molecule has 4 rings (SSSR count). The molecule has 29 heavy (non-hydrogen) atoms. The Morgan fingerprint density at radius 1 is 1.21 bits per heavy atom. The molecule has 0 atom stereocenters. The highest BCUT2D eigenvalue weighted by Crippen LogP contribution is 2.27. The molecular formula is C21H24N6O2. The van der Waals surface area contributed by atoms with Crippen LogP contribution in [0.15, 0.2) is 28.9 Å². The van der Waals surface area contributed by atoms with Crippen LogP contribution in [0.2, 0.25) is 0 Å². The van der Waals surface area contributed by atoms with Gasteiger partial charge in [-0.05, 0) is 44.0 Å². The molecule has 1 aromatic carbocycles. The molecule has 1 N–H and O–H groups in total. The highest BCUT2D eigenvalue weighted by molar-refractivity contribution is 5.92. The zero-order valence-corrected chi connectivity index (χ0v) is 17.3. The van der Waals surface area contributed by atoms with Gasteiger partial charge in [-0.15, -0.1) is 0 Å². The van der Waals surface area contributed by atoms with Crippen LogP contribution in [-0.2, 0) is 16.6 Å². The Bertz CT molecular complexity index is 1220. The van der Waals surface area contributed by atoms with E-state index in [0.717, 1.165) is 22.5 Å². The zero-order chi connectivity index (χ0) is 20.8. The molecule has 3 heterocycles. The van der Waals surface area contributed by atoms with Crippen molar-refractivity contribution in [1.29, 1.82) is 0 Å². The van der Waals surface area contributed by atoms with Crippen LogP contribution in [0.5, 0.6) is 0 Å². The van der Waals surface area contributed by atoms with Gasteiger partial charge in [0.1, 0.15) is 11.8 Å². The van der Waals surface area contributed by atoms with Crippen molar-refractivity contribution in [3.8, 4) is 0 Å². The predicted molar refractivity (Wildman–Crippen MR) is 110 cm³/mol. The minimum Gasteiger partial charge on any atom is -0.440 e. The van der Waals surface area contributed by atoms with Crippen LogP contribution in [0.3, 0.4) is 0 Å². The minimum absolute atomic E-state index is 0.0682. The number of aryl methyl sites for hydroxylation is 2. The molecule has 0 saturated carbocycles. The smallest absolute Gasteiger partial charge is 0.252 e. The Morgan fingerprint density at radius 2 is 2.00 bits per heavy atom. The summed E-state index contributed by atoms with van der Waals surface area (Å²) >= 11 is 0. The van der Waals surface area contributed by atoms with Crippen molar-refractivity contribution >= 4 is 28.5 Å². The summed E-state index contributed by atoms with van der Waals surface area (Å²) in [6.07, 6.45) is 2.40. The minimum atomic E-state index is -0.169. The lowest BCUT2D eigenvalue weighted by Crippen LogP contribution is -2.14. The molecule has 0 saturated heterocycles. The van der Waals surface area contributed by atoms with Gasteiger partial charge in [0.05, 0.1) is 0 Å². The number of amides is 1. The molecule has 0 aliphatic rings. The summed E-state index contributed by atoms with van der Waals surface area (Å²) in [6.45, 7) is 10.1. The highest BCUT2D eigenvalue weighted by Gasteiger charge is 2.21. The van der Waals surface area contributed by atoms with Crippen molar-refractivity contribution in [1.82, 2.24) is 24.6 Å². The number of hydrogen-bond donors (Lipinski definition) is 1. The first-order valence-corrected chi connectivity index (χ1v) is 9.59. The van der Waals surface area contributed by atoms with Crippen LogP contribution in [-0.4, -0.2) is 30.5 Å². The van der Waals surface area contributed by atoms with Crippen molar-refractivity contribution in [2.45, 2.75) is 52.9 Å². The van der Waals surface area contributed by atoms with E-state index in [1.807, 2.05) is 32.0 Å². The first kappa shape index (κ1) is 19.0. The number of hydrogen-bond acceptors (Lipinski definition) is 6. The Morgan fingerprint density at radius 3 is 2.76 bits per heavy atom. The fraction of sp³-hybridized carbons (Fsp3) is 0.381. The van der Waals surface area contributed by atoms with Crippen molar-refractivity contribution < 1.29 is 9.21 Å². The maximum absolute atomic E-state index is 12.5. The van der Waals surface area contributed by atoms with E-state index in [4.69, 9.17) is 4.42 Å². The molecule has 3 aromatic heterocycles. The summed E-state index contributed by atoms with van der Waals surface area (Å²) in [4.78, 5) is 25.6. The number of benzene rings is 1. The molecule has 1 amide bonds. The van der Waals surface area contributed by atoms with Crippen molar-refractivity contribution in [2.75, 3.05) is 5.32 Å². The average Bonchev–Trinajstić information content (AvgIpc) is 3.27. The van der Waals surface area contributed by atoms with Crippen LogP contribution in [0.25, 0.3) is 16.9 Å². The summed E-state index contributed by atoms with van der Waals surface area (Å²) in [5.41, 5.74) is 4.82. The summed E-state index contributed by atoms with van der Waals surface area (Å²) in [5.74, 6) is 1.18. The molecule has 0 fully saturated rings. The number of carbonyl (C=O) groups excluding carboxylic acids is 1. The molecule has 0 aliphatic heterocycles. The lowest BCUT2D eigenvalue weighted by atomic mass is 9.97. The van der Waals surface area contributed by atoms with E-state index in [-0.39, 0.29) is 11.3 Å². The van der Waals surface area contributed by atoms with E-state index < -0.39 is 0 Å². The number of nitrogens with one attached hydrogen (secondary N) is 1. The SMILES string of the molecule is Cc1nc2ncnn2c(C)c1CCC(=O)Nc1ccc2oc(C(C)(C)C)nc2c1. The second-order valence-electron chi connectivity index (χ2n) is 8.23. The molecule has 0 unspecified atom stereocenters. The molecule has 150 valence electrons. The van der Waals surface area contributed by atoms with E-state index in [1.165, 1.54) is 6.33 Å². The van der Waals surface area contributed by atoms with Gasteiger partial charge >= 0.3 is 0 Å². The van der Waals surface area contributed by atoms with Crippen molar-refractivity contribution in [3.05, 3.63) is 47.4 Å². The Kier molecular flexibility index (Phi) is 4.56. The van der Waals surface area contributed by atoms with E-state index in [9.17, 15) is 4.79 Å². The van der Waals surface area contributed by atoms with E-state index >= 15 is 0 Å². The van der Waals surface area contributed by atoms with Gasteiger partial charge in [0.15, 0.2) is 5.58 Å². The zero-order valence-electron chi connectivity index (χ0n) is 17.3. The summed E-state index contributed by atoms with van der Waals surface area (Å²) in [7, 11) is 0. The third-order valence-corrected chi connectivity index (χ3v) is 4.90. The average molecular weight is 392 g/mol. The molecule has 8 nitrogen and oxygen atoms in total. The third-order valence-electron chi connectivity index (χ3n) is 4.90. The molecule has 0 bridgehead atoms. The van der Waals surface area contributed by atoms with Gasteiger partial charge < -0.3 is 9.73 Å². The fourth-order valence-corrected chi connectivity index (χ4v) is 3.31. The van der Waals surface area contributed by atoms with Crippen LogP contribution in [0, 0.1) is 13.8 Å². The Balaban J connectivity index is 1.47. The van der Waals surface area contributed by atoms with Gasteiger partial charge in [-0.25, -0.2) is 14.5 Å². The van der Waals surface area contributed by atoms with Crippen LogP contribution < -0.4 is 5.32 Å². The fourth-order valence-electron chi connectivity index (χ4n) is 3.31. The number of aromatic nitrogens is 5. The predicted octanol–water partition coefficient (Wildman–Crippen LogP) is 3.75. The highest BCUT2D eigenvalue weighted by atomic mass is 16.3. The van der Waals surface area contributed by atoms with Gasteiger partial charge in [-0.3, -0.25) is 4.79 Å². The lowest BCUT2D eigenvalue weighted by Gasteiger charge is -2.11. The van der Waals surface area contributed by atoms with E-state index in [2.05, 4.69) is 46.1 Å². The number of rotatable bonds is 4. The van der Waals surface area contributed by atoms with Gasteiger partial charge in [0.2, 0.25) is 11.8 Å². The van der Waals surface area contributed by atoms with Gasteiger partial charge in [-0.1, -0.05) is 20.8 Å². The monoisotopic (exact) mass is 392 g/mol. The number of anilines is 1. The first-order chi connectivity index (χ1) is 13.7. The largest absolute Gasteiger partial charge is 0.440 e.